The minimum absolute atomic E-state index is 0.302. The molecule has 0 heterocycles. The van der Waals surface area contributed by atoms with Gasteiger partial charge in [0.25, 0.3) is 0 Å². The Balaban J connectivity index is 2.03. The summed E-state index contributed by atoms with van der Waals surface area (Å²) in [5.41, 5.74) is 4.33. The summed E-state index contributed by atoms with van der Waals surface area (Å²) in [6.45, 7) is 2.30. The summed E-state index contributed by atoms with van der Waals surface area (Å²) in [6, 6.07) is 8.83. The number of rotatable bonds is 4. The average Bonchev–Trinajstić information content (AvgIpc) is 2.42. The highest BCUT2D eigenvalue weighted by molar-refractivity contribution is 9.10. The fourth-order valence-electron chi connectivity index (χ4n) is 3.10. The predicted octanol–water partition coefficient (Wildman–Crippen LogP) is 4.17. The van der Waals surface area contributed by atoms with Crippen molar-refractivity contribution >= 4 is 15.9 Å². The highest BCUT2D eigenvalue weighted by Crippen LogP contribution is 2.37. The van der Waals surface area contributed by atoms with E-state index in [0.29, 0.717) is 12.0 Å². The fourth-order valence-corrected chi connectivity index (χ4v) is 3.37. The van der Waals surface area contributed by atoms with E-state index in [2.05, 4.69) is 52.5 Å². The van der Waals surface area contributed by atoms with Crippen LogP contribution in [0.4, 0.5) is 0 Å². The van der Waals surface area contributed by atoms with Crippen molar-refractivity contribution in [3.63, 3.8) is 0 Å². The van der Waals surface area contributed by atoms with Crippen LogP contribution in [0, 0.1) is 11.8 Å². The van der Waals surface area contributed by atoms with E-state index >= 15 is 0 Å². The van der Waals surface area contributed by atoms with Crippen molar-refractivity contribution in [2.45, 2.75) is 45.1 Å². The van der Waals surface area contributed by atoms with Crippen LogP contribution in [0.1, 0.15) is 50.6 Å². The standard InChI is InChI=1S/C15H23BrN2/c1-2-11-3-5-12(6-4-11)15(18-17)13-7-9-14(16)10-8-13/h7-12,15,18H,2-6,17H2,1H3. The fraction of sp³-hybridized carbons (Fsp3) is 0.600. The Morgan fingerprint density at radius 1 is 1.22 bits per heavy atom. The van der Waals surface area contributed by atoms with Crippen LogP contribution in [-0.4, -0.2) is 0 Å². The molecule has 1 fully saturated rings. The van der Waals surface area contributed by atoms with Crippen molar-refractivity contribution in [3.05, 3.63) is 34.3 Å². The van der Waals surface area contributed by atoms with Crippen molar-refractivity contribution < 1.29 is 0 Å². The lowest BCUT2D eigenvalue weighted by Gasteiger charge is -2.33. The van der Waals surface area contributed by atoms with Crippen LogP contribution in [0.25, 0.3) is 0 Å². The zero-order chi connectivity index (χ0) is 13.0. The molecule has 3 N–H and O–H groups in total. The SMILES string of the molecule is CCC1CCC(C(NN)c2ccc(Br)cc2)CC1. The van der Waals surface area contributed by atoms with Crippen molar-refractivity contribution in [1.82, 2.24) is 5.43 Å². The normalized spacial score (nSPS) is 25.9. The summed E-state index contributed by atoms with van der Waals surface area (Å²) in [5.74, 6) is 7.39. The first-order valence-electron chi connectivity index (χ1n) is 6.96. The van der Waals surface area contributed by atoms with E-state index in [-0.39, 0.29) is 0 Å². The molecule has 0 saturated heterocycles. The Morgan fingerprint density at radius 3 is 2.33 bits per heavy atom. The van der Waals surface area contributed by atoms with Gasteiger partial charge in [-0.15, -0.1) is 0 Å². The molecule has 3 heteroatoms. The minimum atomic E-state index is 0.302. The maximum Gasteiger partial charge on any atom is 0.0488 e. The first kappa shape index (κ1) is 14.0. The molecule has 0 spiro atoms. The van der Waals surface area contributed by atoms with Gasteiger partial charge < -0.3 is 0 Å². The third-order valence-corrected chi connectivity index (χ3v) is 4.88. The molecule has 1 aliphatic carbocycles. The molecule has 2 rings (SSSR count). The Hall–Kier alpha value is -0.380. The summed E-state index contributed by atoms with van der Waals surface area (Å²) in [6.07, 6.45) is 6.63. The highest BCUT2D eigenvalue weighted by Gasteiger charge is 2.27. The van der Waals surface area contributed by atoms with Crippen LogP contribution in [0.5, 0.6) is 0 Å². The van der Waals surface area contributed by atoms with Gasteiger partial charge in [0.1, 0.15) is 0 Å². The second kappa shape index (κ2) is 6.69. The van der Waals surface area contributed by atoms with Gasteiger partial charge in [0.15, 0.2) is 0 Å². The second-order valence-corrected chi connectivity index (χ2v) is 6.30. The Morgan fingerprint density at radius 2 is 1.83 bits per heavy atom. The number of benzene rings is 1. The van der Waals surface area contributed by atoms with Crippen LogP contribution in [0.3, 0.4) is 0 Å². The van der Waals surface area contributed by atoms with Crippen LogP contribution < -0.4 is 11.3 Å². The Bertz CT molecular complexity index is 355. The number of hydrazine groups is 1. The van der Waals surface area contributed by atoms with Crippen molar-refractivity contribution in [2.24, 2.45) is 17.7 Å². The van der Waals surface area contributed by atoms with Crippen LogP contribution in [-0.2, 0) is 0 Å². The zero-order valence-electron chi connectivity index (χ0n) is 11.0. The van der Waals surface area contributed by atoms with Gasteiger partial charge in [-0.2, -0.15) is 0 Å². The maximum atomic E-state index is 5.78. The third kappa shape index (κ3) is 3.34. The highest BCUT2D eigenvalue weighted by atomic mass is 79.9. The number of halogens is 1. The lowest BCUT2D eigenvalue weighted by Crippen LogP contribution is -2.35. The topological polar surface area (TPSA) is 38.0 Å². The molecule has 1 aliphatic rings. The van der Waals surface area contributed by atoms with Crippen LogP contribution in [0.15, 0.2) is 28.7 Å². The summed E-state index contributed by atoms with van der Waals surface area (Å²) >= 11 is 3.48. The number of hydrogen-bond donors (Lipinski definition) is 2. The molecule has 1 saturated carbocycles. The maximum absolute atomic E-state index is 5.78. The summed E-state index contributed by atoms with van der Waals surface area (Å²) in [5, 5.41) is 0. The van der Waals surface area contributed by atoms with E-state index in [4.69, 9.17) is 5.84 Å². The Kier molecular flexibility index (Phi) is 5.22. The first-order chi connectivity index (χ1) is 8.74. The molecule has 0 amide bonds. The third-order valence-electron chi connectivity index (χ3n) is 4.35. The molecule has 1 aromatic rings. The summed E-state index contributed by atoms with van der Waals surface area (Å²) in [4.78, 5) is 0. The van der Waals surface area contributed by atoms with Gasteiger partial charge in [-0.3, -0.25) is 11.3 Å². The van der Waals surface area contributed by atoms with Crippen LogP contribution >= 0.6 is 15.9 Å². The van der Waals surface area contributed by atoms with Crippen LogP contribution in [0.2, 0.25) is 0 Å². The number of hydrogen-bond acceptors (Lipinski definition) is 2. The average molecular weight is 311 g/mol. The van der Waals surface area contributed by atoms with Gasteiger partial charge in [-0.05, 0) is 42.4 Å². The van der Waals surface area contributed by atoms with Gasteiger partial charge in [0.05, 0.1) is 0 Å². The van der Waals surface area contributed by atoms with Crippen molar-refractivity contribution in [3.8, 4) is 0 Å². The van der Waals surface area contributed by atoms with E-state index in [1.54, 1.807) is 0 Å². The van der Waals surface area contributed by atoms with Crippen molar-refractivity contribution in [1.29, 1.82) is 0 Å². The molecular formula is C15H23BrN2. The second-order valence-electron chi connectivity index (χ2n) is 5.38. The summed E-state index contributed by atoms with van der Waals surface area (Å²) in [7, 11) is 0. The van der Waals surface area contributed by atoms with E-state index in [9.17, 15) is 0 Å². The van der Waals surface area contributed by atoms with E-state index in [1.165, 1.54) is 37.7 Å². The van der Waals surface area contributed by atoms with E-state index < -0.39 is 0 Å². The Labute approximate surface area is 118 Å². The summed E-state index contributed by atoms with van der Waals surface area (Å²) < 4.78 is 1.12. The van der Waals surface area contributed by atoms with Gasteiger partial charge in [0.2, 0.25) is 0 Å². The van der Waals surface area contributed by atoms with Gasteiger partial charge >= 0.3 is 0 Å². The first-order valence-corrected chi connectivity index (χ1v) is 7.75. The number of nitrogens with one attached hydrogen (secondary N) is 1. The van der Waals surface area contributed by atoms with Gasteiger partial charge in [0, 0.05) is 10.5 Å². The molecule has 1 atom stereocenters. The monoisotopic (exact) mass is 310 g/mol. The zero-order valence-corrected chi connectivity index (χ0v) is 12.6. The molecule has 100 valence electrons. The van der Waals surface area contributed by atoms with Gasteiger partial charge in [-0.1, -0.05) is 54.2 Å². The minimum Gasteiger partial charge on any atom is -0.271 e. The molecular weight excluding hydrogens is 288 g/mol. The van der Waals surface area contributed by atoms with E-state index in [1.807, 2.05) is 0 Å². The smallest absolute Gasteiger partial charge is 0.0488 e. The van der Waals surface area contributed by atoms with Gasteiger partial charge in [-0.25, -0.2) is 0 Å². The number of nitrogens with two attached hydrogens (primary N) is 1. The molecule has 0 bridgehead atoms. The van der Waals surface area contributed by atoms with Crippen molar-refractivity contribution in [2.75, 3.05) is 0 Å². The molecule has 0 aliphatic heterocycles. The molecule has 18 heavy (non-hydrogen) atoms. The molecule has 1 aromatic carbocycles. The molecule has 0 aromatic heterocycles. The largest absolute Gasteiger partial charge is 0.271 e. The molecule has 0 radical (unpaired) electrons. The van der Waals surface area contributed by atoms with E-state index in [0.717, 1.165) is 10.4 Å². The molecule has 2 nitrogen and oxygen atoms in total. The quantitative estimate of drug-likeness (QED) is 0.647. The molecule has 1 unspecified atom stereocenters. The lowest BCUT2D eigenvalue weighted by atomic mass is 9.76. The lowest BCUT2D eigenvalue weighted by molar-refractivity contribution is 0.219. The predicted molar refractivity (Wildman–Crippen MR) is 79.9 cm³/mol.